The summed E-state index contributed by atoms with van der Waals surface area (Å²) >= 11 is 3.15. The number of nitrogens with one attached hydrogen (secondary N) is 2. The second-order valence-corrected chi connectivity index (χ2v) is 9.06. The molecule has 1 rings (SSSR count). The first-order valence-electron chi connectivity index (χ1n) is 7.60. The van der Waals surface area contributed by atoms with Crippen molar-refractivity contribution >= 4 is 43.5 Å². The van der Waals surface area contributed by atoms with Gasteiger partial charge in [0, 0.05) is 23.1 Å². The van der Waals surface area contributed by atoms with Gasteiger partial charge in [-0.2, -0.15) is 0 Å². The number of nitrogen functional groups attached to an aromatic ring is 1. The van der Waals surface area contributed by atoms with Crippen LogP contribution in [-0.4, -0.2) is 37.2 Å². The number of pyridine rings is 1. The third kappa shape index (κ3) is 6.37. The van der Waals surface area contributed by atoms with Gasteiger partial charge in [-0.15, -0.1) is 0 Å². The molecule has 0 bridgehead atoms. The van der Waals surface area contributed by atoms with E-state index in [0.717, 1.165) is 0 Å². The number of aromatic nitrogens is 1. The lowest BCUT2D eigenvalue weighted by molar-refractivity contribution is -0.146. The normalized spacial score (nSPS) is 13.3. The summed E-state index contributed by atoms with van der Waals surface area (Å²) in [5.74, 6) is -1.51. The molecular formula is C15H23BrN4O4S. The molecule has 0 saturated carbocycles. The Bertz CT molecular complexity index is 759. The van der Waals surface area contributed by atoms with E-state index >= 15 is 0 Å². The quantitative estimate of drug-likeness (QED) is 0.443. The highest BCUT2D eigenvalue weighted by Crippen LogP contribution is 2.21. The molecule has 0 aliphatic heterocycles. The van der Waals surface area contributed by atoms with Gasteiger partial charge in [0.25, 0.3) is 0 Å². The van der Waals surface area contributed by atoms with Crippen molar-refractivity contribution in [1.82, 2.24) is 9.71 Å². The largest absolute Gasteiger partial charge is 0.455 e. The van der Waals surface area contributed by atoms with Gasteiger partial charge in [0.2, 0.25) is 10.0 Å². The third-order valence-corrected chi connectivity index (χ3v) is 5.06. The maximum absolute atomic E-state index is 12.4. The highest BCUT2D eigenvalue weighted by atomic mass is 79.9. The zero-order chi connectivity index (χ0) is 19.4. The lowest BCUT2D eigenvalue weighted by Gasteiger charge is -2.22. The number of carbonyl (C=O) groups excluding carboxylic acids is 1. The lowest BCUT2D eigenvalue weighted by atomic mass is 10.0. The molecule has 0 saturated heterocycles. The number of anilines is 1. The van der Waals surface area contributed by atoms with E-state index in [1.54, 1.807) is 27.7 Å². The number of halogens is 1. The molecule has 25 heavy (non-hydrogen) atoms. The van der Waals surface area contributed by atoms with Crippen molar-refractivity contribution in [3.63, 3.8) is 0 Å². The summed E-state index contributed by atoms with van der Waals surface area (Å²) in [5, 5.41) is 7.97. The highest BCUT2D eigenvalue weighted by Gasteiger charge is 2.27. The van der Waals surface area contributed by atoms with Crippen LogP contribution in [0.2, 0.25) is 0 Å². The predicted octanol–water partition coefficient (Wildman–Crippen LogP) is 2.09. The van der Waals surface area contributed by atoms with E-state index in [2.05, 4.69) is 25.6 Å². The molecule has 1 heterocycles. The van der Waals surface area contributed by atoms with Crippen LogP contribution in [0.25, 0.3) is 0 Å². The first-order valence-corrected chi connectivity index (χ1v) is 9.87. The van der Waals surface area contributed by atoms with Crippen molar-refractivity contribution in [3.8, 4) is 0 Å². The summed E-state index contributed by atoms with van der Waals surface area (Å²) in [4.78, 5) is 15.6. The fraction of sp³-hybridized carbons (Fsp3) is 0.533. The number of esters is 1. The zero-order valence-corrected chi connectivity index (χ0v) is 17.0. The van der Waals surface area contributed by atoms with Gasteiger partial charge in [0.05, 0.1) is 0 Å². The minimum Gasteiger partial charge on any atom is -0.455 e. The van der Waals surface area contributed by atoms with Crippen LogP contribution < -0.4 is 10.5 Å². The number of hydrogen-bond donors (Lipinski definition) is 3. The average molecular weight is 435 g/mol. The van der Waals surface area contributed by atoms with E-state index in [1.165, 1.54) is 12.3 Å². The van der Waals surface area contributed by atoms with Crippen LogP contribution in [0.5, 0.6) is 0 Å². The number of ether oxygens (including phenoxy) is 1. The molecule has 10 heteroatoms. The van der Waals surface area contributed by atoms with Crippen molar-refractivity contribution in [2.45, 2.75) is 44.6 Å². The summed E-state index contributed by atoms with van der Waals surface area (Å²) in [6, 6.07) is 1.34. The molecule has 0 aliphatic rings. The molecule has 0 unspecified atom stereocenters. The summed E-state index contributed by atoms with van der Waals surface area (Å²) < 4.78 is 32.8. The molecule has 0 radical (unpaired) electrons. The number of nitrogens with two attached hydrogens (primary N) is 1. The minimum atomic E-state index is -3.93. The number of hydrogen-bond acceptors (Lipinski definition) is 7. The van der Waals surface area contributed by atoms with Crippen molar-refractivity contribution in [2.75, 3.05) is 12.3 Å². The monoisotopic (exact) mass is 434 g/mol. The first-order chi connectivity index (χ1) is 11.4. The lowest BCUT2D eigenvalue weighted by Crippen LogP contribution is -2.38. The molecule has 0 aliphatic carbocycles. The number of nitrogens with zero attached hydrogens (tertiary/aromatic N) is 1. The Kier molecular flexibility index (Phi) is 7.09. The summed E-state index contributed by atoms with van der Waals surface area (Å²) in [6.45, 7) is 6.73. The van der Waals surface area contributed by atoms with Crippen molar-refractivity contribution < 1.29 is 17.9 Å². The number of sulfonamides is 1. The molecule has 0 spiro atoms. The molecule has 0 fully saturated rings. The van der Waals surface area contributed by atoms with E-state index < -0.39 is 27.5 Å². The molecule has 140 valence electrons. The minimum absolute atomic E-state index is 0.122. The maximum Gasteiger partial charge on any atom is 0.352 e. The van der Waals surface area contributed by atoms with Crippen molar-refractivity contribution in [3.05, 3.63) is 16.7 Å². The fourth-order valence-corrected chi connectivity index (χ4v) is 3.55. The van der Waals surface area contributed by atoms with Crippen LogP contribution in [-0.2, 0) is 19.6 Å². The van der Waals surface area contributed by atoms with Crippen molar-refractivity contribution in [1.29, 1.82) is 5.41 Å². The molecule has 1 aromatic heterocycles. The Morgan fingerprint density at radius 3 is 2.60 bits per heavy atom. The van der Waals surface area contributed by atoms with Crippen LogP contribution in [0.4, 0.5) is 5.82 Å². The highest BCUT2D eigenvalue weighted by molar-refractivity contribution is 9.10. The topological polar surface area (TPSA) is 135 Å². The molecule has 1 aromatic rings. The predicted molar refractivity (Wildman–Crippen MR) is 98.9 cm³/mol. The third-order valence-electron chi connectivity index (χ3n) is 3.18. The molecule has 1 atom stereocenters. The van der Waals surface area contributed by atoms with Gasteiger partial charge in [-0.3, -0.25) is 5.41 Å². The van der Waals surface area contributed by atoms with Crippen LogP contribution in [0.3, 0.4) is 0 Å². The van der Waals surface area contributed by atoms with E-state index in [0.29, 0.717) is 10.9 Å². The second-order valence-electron chi connectivity index (χ2n) is 6.41. The first kappa shape index (κ1) is 21.5. The van der Waals surface area contributed by atoms with Gasteiger partial charge in [-0.05, 0) is 49.2 Å². The SMILES string of the molecule is CC[C@H](CNS(=O)(=O)c1cc(Br)cnc1N)C(=N)C(=O)OC(C)(C)C. The Morgan fingerprint density at radius 1 is 1.48 bits per heavy atom. The maximum atomic E-state index is 12.4. The standard InChI is InChI=1S/C15H23BrN4O4S/c1-5-9(12(17)14(21)24-15(2,3)4)7-20-25(22,23)11-6-10(16)8-19-13(11)18/h6,8-9,17,20H,5,7H2,1-4H3,(H2,18,19)/t9-/m1/s1. The Hall–Kier alpha value is -1.52. The number of rotatable bonds is 7. The average Bonchev–Trinajstić information content (AvgIpc) is 2.48. The van der Waals surface area contributed by atoms with E-state index in [9.17, 15) is 13.2 Å². The van der Waals surface area contributed by atoms with E-state index in [4.69, 9.17) is 15.9 Å². The Morgan fingerprint density at radius 2 is 2.08 bits per heavy atom. The summed E-state index contributed by atoms with van der Waals surface area (Å²) in [7, 11) is -3.93. The zero-order valence-electron chi connectivity index (χ0n) is 14.6. The van der Waals surface area contributed by atoms with E-state index in [-0.39, 0.29) is 23.0 Å². The van der Waals surface area contributed by atoms with Gasteiger partial charge in [-0.25, -0.2) is 22.9 Å². The van der Waals surface area contributed by atoms with Crippen LogP contribution in [0.1, 0.15) is 34.1 Å². The van der Waals surface area contributed by atoms with Gasteiger partial charge in [0.1, 0.15) is 22.0 Å². The summed E-state index contributed by atoms with van der Waals surface area (Å²) in [5.41, 5.74) is 4.62. The fourth-order valence-electron chi connectivity index (χ4n) is 1.88. The van der Waals surface area contributed by atoms with Crippen LogP contribution >= 0.6 is 15.9 Å². The van der Waals surface area contributed by atoms with Gasteiger partial charge in [-0.1, -0.05) is 6.92 Å². The molecule has 4 N–H and O–H groups in total. The van der Waals surface area contributed by atoms with Gasteiger partial charge >= 0.3 is 5.97 Å². The smallest absolute Gasteiger partial charge is 0.352 e. The van der Waals surface area contributed by atoms with Gasteiger partial charge in [0.15, 0.2) is 0 Å². The second kappa shape index (κ2) is 8.24. The van der Waals surface area contributed by atoms with Crippen LogP contribution in [0, 0.1) is 11.3 Å². The van der Waals surface area contributed by atoms with Crippen molar-refractivity contribution in [2.24, 2.45) is 5.92 Å². The molecular weight excluding hydrogens is 412 g/mol. The Labute approximate surface area is 156 Å². The molecule has 0 amide bonds. The molecule has 0 aromatic carbocycles. The van der Waals surface area contributed by atoms with Crippen LogP contribution in [0.15, 0.2) is 21.6 Å². The van der Waals surface area contributed by atoms with E-state index in [1.807, 2.05) is 0 Å². The Balaban J connectivity index is 2.87. The molecule has 8 nitrogen and oxygen atoms in total. The number of carbonyl (C=O) groups is 1. The summed E-state index contributed by atoms with van der Waals surface area (Å²) in [6.07, 6.45) is 1.79. The van der Waals surface area contributed by atoms with Gasteiger partial charge < -0.3 is 10.5 Å².